The number of hydrogen-bond acceptors (Lipinski definition) is 3. The highest BCUT2D eigenvalue weighted by Gasteiger charge is 2.28. The maximum absolute atomic E-state index is 6.09. The molecular weight excluding hydrogens is 264 g/mol. The summed E-state index contributed by atoms with van der Waals surface area (Å²) < 4.78 is 0. The van der Waals surface area contributed by atoms with E-state index in [2.05, 4.69) is 53.7 Å². The van der Waals surface area contributed by atoms with Crippen molar-refractivity contribution in [1.82, 2.24) is 4.90 Å². The molecular formula is C17H22N2S. The third kappa shape index (κ3) is 2.95. The number of hydrogen-bond donors (Lipinski definition) is 1. The van der Waals surface area contributed by atoms with E-state index in [0.29, 0.717) is 12.6 Å². The van der Waals surface area contributed by atoms with E-state index in [-0.39, 0.29) is 0 Å². The molecule has 3 heteroatoms. The van der Waals surface area contributed by atoms with Crippen LogP contribution in [0.25, 0.3) is 0 Å². The van der Waals surface area contributed by atoms with E-state index in [1.165, 1.54) is 28.8 Å². The lowest BCUT2D eigenvalue weighted by atomic mass is 9.96. The summed E-state index contributed by atoms with van der Waals surface area (Å²) in [7, 11) is 2.18. The summed E-state index contributed by atoms with van der Waals surface area (Å²) in [6, 6.07) is 13.5. The van der Waals surface area contributed by atoms with Gasteiger partial charge in [-0.1, -0.05) is 30.3 Å². The lowest BCUT2D eigenvalue weighted by molar-refractivity contribution is 0.243. The van der Waals surface area contributed by atoms with Gasteiger partial charge in [0.05, 0.1) is 0 Å². The van der Waals surface area contributed by atoms with E-state index in [1.54, 1.807) is 0 Å². The maximum Gasteiger partial charge on any atom is 0.0474 e. The van der Waals surface area contributed by atoms with Crippen LogP contribution in [0.3, 0.4) is 0 Å². The largest absolute Gasteiger partial charge is 0.329 e. The van der Waals surface area contributed by atoms with Crippen LogP contribution in [0, 0.1) is 0 Å². The molecule has 106 valence electrons. The quantitative estimate of drug-likeness (QED) is 0.876. The fraction of sp³-hybridized carbons (Fsp3) is 0.412. The normalized spacial score (nSPS) is 16.6. The van der Waals surface area contributed by atoms with Crippen LogP contribution in [0.1, 0.15) is 40.8 Å². The number of rotatable bonds is 6. The summed E-state index contributed by atoms with van der Waals surface area (Å²) in [6.45, 7) is 1.64. The van der Waals surface area contributed by atoms with Gasteiger partial charge < -0.3 is 5.73 Å². The molecule has 2 N–H and O–H groups in total. The minimum Gasteiger partial charge on any atom is -0.329 e. The van der Waals surface area contributed by atoms with Gasteiger partial charge in [-0.3, -0.25) is 4.90 Å². The average Bonchev–Trinajstić information content (AvgIpc) is 3.19. The summed E-state index contributed by atoms with van der Waals surface area (Å²) in [5.74, 6) is 0.774. The summed E-state index contributed by atoms with van der Waals surface area (Å²) in [5.41, 5.74) is 9.03. The minimum absolute atomic E-state index is 0.314. The van der Waals surface area contributed by atoms with E-state index < -0.39 is 0 Å². The van der Waals surface area contributed by atoms with Gasteiger partial charge in [0.25, 0.3) is 0 Å². The molecule has 0 bridgehead atoms. The van der Waals surface area contributed by atoms with Crippen LogP contribution >= 0.6 is 11.3 Å². The highest BCUT2D eigenvalue weighted by atomic mass is 32.1. The van der Waals surface area contributed by atoms with E-state index in [1.807, 2.05) is 11.3 Å². The SMILES string of the molecule is CN(Cc1cccs1)C(CN)c1ccccc1C1CC1. The molecule has 1 fully saturated rings. The number of nitrogens with zero attached hydrogens (tertiary/aromatic N) is 1. The third-order valence-electron chi connectivity index (χ3n) is 4.11. The Kier molecular flexibility index (Phi) is 4.20. The second kappa shape index (κ2) is 6.08. The van der Waals surface area contributed by atoms with Gasteiger partial charge in [-0.05, 0) is 48.4 Å². The highest BCUT2D eigenvalue weighted by Crippen LogP contribution is 2.43. The van der Waals surface area contributed by atoms with Gasteiger partial charge in [0, 0.05) is 24.0 Å². The van der Waals surface area contributed by atoms with Crippen molar-refractivity contribution in [1.29, 1.82) is 0 Å². The standard InChI is InChI=1S/C17H22N2S/c1-19(12-14-5-4-10-20-14)17(11-18)16-7-3-2-6-15(16)13-8-9-13/h2-7,10,13,17H,8-9,11-12,18H2,1H3. The molecule has 0 saturated heterocycles. The van der Waals surface area contributed by atoms with E-state index >= 15 is 0 Å². The van der Waals surface area contributed by atoms with Gasteiger partial charge in [-0.2, -0.15) is 0 Å². The van der Waals surface area contributed by atoms with Crippen molar-refractivity contribution in [3.63, 3.8) is 0 Å². The Balaban J connectivity index is 1.82. The lowest BCUT2D eigenvalue weighted by Gasteiger charge is -2.28. The predicted octanol–water partition coefficient (Wildman–Crippen LogP) is 3.76. The summed E-state index contributed by atoms with van der Waals surface area (Å²) >= 11 is 1.81. The molecule has 1 unspecified atom stereocenters. The highest BCUT2D eigenvalue weighted by molar-refractivity contribution is 7.09. The Morgan fingerprint density at radius 3 is 2.70 bits per heavy atom. The van der Waals surface area contributed by atoms with Crippen LogP contribution in [-0.4, -0.2) is 18.5 Å². The van der Waals surface area contributed by atoms with Crippen molar-refractivity contribution in [2.75, 3.05) is 13.6 Å². The van der Waals surface area contributed by atoms with Crippen LogP contribution in [0.4, 0.5) is 0 Å². The molecule has 0 amide bonds. The Labute approximate surface area is 125 Å². The zero-order valence-corrected chi connectivity index (χ0v) is 12.8. The van der Waals surface area contributed by atoms with Gasteiger partial charge in [-0.15, -0.1) is 11.3 Å². The zero-order valence-electron chi connectivity index (χ0n) is 12.0. The van der Waals surface area contributed by atoms with Crippen molar-refractivity contribution in [3.8, 4) is 0 Å². The fourth-order valence-corrected chi connectivity index (χ4v) is 3.65. The monoisotopic (exact) mass is 286 g/mol. The van der Waals surface area contributed by atoms with Crippen molar-refractivity contribution in [2.24, 2.45) is 5.73 Å². The first-order valence-corrected chi connectivity index (χ1v) is 8.19. The van der Waals surface area contributed by atoms with Crippen molar-refractivity contribution >= 4 is 11.3 Å². The molecule has 0 spiro atoms. The summed E-state index contributed by atoms with van der Waals surface area (Å²) in [5, 5.41) is 2.14. The van der Waals surface area contributed by atoms with Crippen LogP contribution < -0.4 is 5.73 Å². The van der Waals surface area contributed by atoms with Crippen LogP contribution in [0.5, 0.6) is 0 Å². The predicted molar refractivity (Wildman–Crippen MR) is 86.0 cm³/mol. The Hall–Kier alpha value is -1.16. The second-order valence-electron chi connectivity index (χ2n) is 5.65. The first-order valence-electron chi connectivity index (χ1n) is 7.31. The first kappa shape index (κ1) is 13.8. The van der Waals surface area contributed by atoms with Crippen molar-refractivity contribution in [2.45, 2.75) is 31.3 Å². The average molecular weight is 286 g/mol. The molecule has 0 radical (unpaired) electrons. The molecule has 1 atom stereocenters. The van der Waals surface area contributed by atoms with Crippen molar-refractivity contribution < 1.29 is 0 Å². The number of thiophene rings is 1. The second-order valence-corrected chi connectivity index (χ2v) is 6.68. The molecule has 1 heterocycles. The molecule has 1 saturated carbocycles. The number of nitrogens with two attached hydrogens (primary N) is 1. The Morgan fingerprint density at radius 1 is 1.25 bits per heavy atom. The van der Waals surface area contributed by atoms with Crippen molar-refractivity contribution in [3.05, 3.63) is 57.8 Å². The van der Waals surface area contributed by atoms with Gasteiger partial charge in [0.2, 0.25) is 0 Å². The molecule has 1 aliphatic rings. The molecule has 20 heavy (non-hydrogen) atoms. The summed E-state index contributed by atoms with van der Waals surface area (Å²) in [6.07, 6.45) is 2.67. The smallest absolute Gasteiger partial charge is 0.0474 e. The van der Waals surface area contributed by atoms with Gasteiger partial charge in [0.15, 0.2) is 0 Å². The molecule has 1 aromatic heterocycles. The van der Waals surface area contributed by atoms with E-state index in [9.17, 15) is 0 Å². The first-order chi connectivity index (χ1) is 9.79. The molecule has 2 aromatic rings. The van der Waals surface area contributed by atoms with E-state index in [4.69, 9.17) is 5.73 Å². The molecule has 1 aromatic carbocycles. The van der Waals surface area contributed by atoms with E-state index in [0.717, 1.165) is 12.5 Å². The molecule has 0 aliphatic heterocycles. The maximum atomic E-state index is 6.09. The van der Waals surface area contributed by atoms with Crippen LogP contribution in [-0.2, 0) is 6.54 Å². The fourth-order valence-electron chi connectivity index (χ4n) is 2.88. The number of likely N-dealkylation sites (N-methyl/N-ethyl adjacent to an activating group) is 1. The van der Waals surface area contributed by atoms with Crippen LogP contribution in [0.2, 0.25) is 0 Å². The lowest BCUT2D eigenvalue weighted by Crippen LogP contribution is -2.30. The van der Waals surface area contributed by atoms with Gasteiger partial charge in [0.1, 0.15) is 0 Å². The Morgan fingerprint density at radius 2 is 2.05 bits per heavy atom. The zero-order chi connectivity index (χ0) is 13.9. The molecule has 2 nitrogen and oxygen atoms in total. The topological polar surface area (TPSA) is 29.3 Å². The van der Waals surface area contributed by atoms with Crippen LogP contribution in [0.15, 0.2) is 41.8 Å². The third-order valence-corrected chi connectivity index (χ3v) is 4.97. The summed E-state index contributed by atoms with van der Waals surface area (Å²) in [4.78, 5) is 3.78. The van der Waals surface area contributed by atoms with Gasteiger partial charge >= 0.3 is 0 Å². The molecule has 3 rings (SSSR count). The Bertz CT molecular complexity index is 546. The molecule has 1 aliphatic carbocycles. The minimum atomic E-state index is 0.314. The number of benzene rings is 1. The van der Waals surface area contributed by atoms with Gasteiger partial charge in [-0.25, -0.2) is 0 Å².